The minimum Gasteiger partial charge on any atom is -0.506 e. The maximum Gasteiger partial charge on any atom is 0.417 e. The number of hydrogen-bond donors (Lipinski definition) is 1. The van der Waals surface area contributed by atoms with Gasteiger partial charge < -0.3 is 5.11 Å². The van der Waals surface area contributed by atoms with E-state index in [0.29, 0.717) is 12.3 Å². The number of aromatic hydroxyl groups is 1. The highest BCUT2D eigenvalue weighted by Gasteiger charge is 2.39. The Labute approximate surface area is 162 Å². The van der Waals surface area contributed by atoms with Crippen molar-refractivity contribution in [1.29, 1.82) is 0 Å². The van der Waals surface area contributed by atoms with Gasteiger partial charge in [-0.05, 0) is 18.2 Å². The fraction of sp³-hybridized carbons (Fsp3) is 0.235. The van der Waals surface area contributed by atoms with Gasteiger partial charge in [0.05, 0.1) is 35.3 Å². The molecule has 29 heavy (non-hydrogen) atoms. The topological polar surface area (TPSA) is 105 Å². The molecule has 152 valence electrons. The number of rotatable bonds is 3. The van der Waals surface area contributed by atoms with E-state index >= 15 is 0 Å². The van der Waals surface area contributed by atoms with Crippen molar-refractivity contribution in [2.45, 2.75) is 24.7 Å². The summed E-state index contributed by atoms with van der Waals surface area (Å²) in [5.41, 5.74) is -1.10. The van der Waals surface area contributed by atoms with Crippen LogP contribution >= 0.6 is 0 Å². The van der Waals surface area contributed by atoms with Crippen LogP contribution in [0.3, 0.4) is 0 Å². The lowest BCUT2D eigenvalue weighted by Crippen LogP contribution is -2.26. The molecular weight excluding hydrogens is 413 g/mol. The van der Waals surface area contributed by atoms with Crippen molar-refractivity contribution < 1.29 is 31.5 Å². The van der Waals surface area contributed by atoms with E-state index in [4.69, 9.17) is 0 Å². The van der Waals surface area contributed by atoms with Crippen molar-refractivity contribution in [2.24, 2.45) is 0 Å². The molecule has 0 aliphatic carbocycles. The number of halogens is 3. The number of carbonyl (C=O) groups is 1. The molecule has 0 saturated carbocycles. The molecule has 4 rings (SSSR count). The zero-order chi connectivity index (χ0) is 21.1. The molecule has 0 fully saturated rings. The second-order valence-corrected chi connectivity index (χ2v) is 8.56. The average Bonchev–Trinajstić information content (AvgIpc) is 3.18. The minimum atomic E-state index is -4.67. The summed E-state index contributed by atoms with van der Waals surface area (Å²) in [6.45, 7) is 1.17. The standard InChI is InChI=1S/C17H13F3N4O4S/c1-2-29(27,28)16-14(22-13-4-3-10(25)7-23(13)16)24-8-12-11(15(24)26)5-9(6-21-12)17(18,19)20/h3-7,25H,2,8H2,1H3. The molecular formula is C17H13F3N4O4S. The zero-order valence-electron chi connectivity index (χ0n) is 14.8. The molecule has 3 aromatic heterocycles. The Balaban J connectivity index is 1.90. The van der Waals surface area contributed by atoms with Gasteiger partial charge in [-0.1, -0.05) is 6.92 Å². The highest BCUT2D eigenvalue weighted by Crippen LogP contribution is 2.36. The molecule has 0 spiro atoms. The molecule has 0 bridgehead atoms. The van der Waals surface area contributed by atoms with Crippen molar-refractivity contribution in [3.05, 3.63) is 47.4 Å². The number of sulfone groups is 1. The predicted octanol–water partition coefficient (Wildman–Crippen LogP) is 2.41. The van der Waals surface area contributed by atoms with Crippen LogP contribution in [0.25, 0.3) is 5.65 Å². The summed E-state index contributed by atoms with van der Waals surface area (Å²) in [6.07, 6.45) is -2.91. The second kappa shape index (κ2) is 6.17. The lowest BCUT2D eigenvalue weighted by Gasteiger charge is -2.14. The van der Waals surface area contributed by atoms with E-state index in [9.17, 15) is 31.5 Å². The maximum atomic E-state index is 13.0. The number of fused-ring (bicyclic) bond motifs is 2. The molecule has 12 heteroatoms. The number of aromatic nitrogens is 3. The summed E-state index contributed by atoms with van der Waals surface area (Å²) in [4.78, 5) is 21.7. The lowest BCUT2D eigenvalue weighted by atomic mass is 10.1. The van der Waals surface area contributed by atoms with E-state index in [1.165, 1.54) is 19.1 Å². The molecule has 0 radical (unpaired) electrons. The third-order valence-corrected chi connectivity index (χ3v) is 6.28. The molecule has 0 unspecified atom stereocenters. The molecule has 8 nitrogen and oxygen atoms in total. The van der Waals surface area contributed by atoms with Crippen LogP contribution in [0, 0.1) is 0 Å². The Morgan fingerprint density at radius 1 is 1.28 bits per heavy atom. The van der Waals surface area contributed by atoms with Crippen molar-refractivity contribution >= 4 is 27.2 Å². The number of alkyl halides is 3. The van der Waals surface area contributed by atoms with Crippen molar-refractivity contribution in [3.8, 4) is 5.75 Å². The normalized spacial score (nSPS) is 14.6. The van der Waals surface area contributed by atoms with Gasteiger partial charge in [0, 0.05) is 6.20 Å². The molecule has 3 aromatic rings. The zero-order valence-corrected chi connectivity index (χ0v) is 15.6. The smallest absolute Gasteiger partial charge is 0.417 e. The monoisotopic (exact) mass is 426 g/mol. The van der Waals surface area contributed by atoms with E-state index < -0.39 is 27.5 Å². The van der Waals surface area contributed by atoms with Gasteiger partial charge in [-0.15, -0.1) is 0 Å². The Bertz CT molecular complexity index is 1270. The van der Waals surface area contributed by atoms with Crippen LogP contribution in [-0.2, 0) is 22.6 Å². The van der Waals surface area contributed by atoms with Gasteiger partial charge in [-0.2, -0.15) is 13.2 Å². The van der Waals surface area contributed by atoms with Gasteiger partial charge in [0.1, 0.15) is 11.4 Å². The maximum absolute atomic E-state index is 13.0. The molecule has 0 aromatic carbocycles. The van der Waals surface area contributed by atoms with Crippen molar-refractivity contribution in [2.75, 3.05) is 10.7 Å². The SMILES string of the molecule is CCS(=O)(=O)c1c(N2Cc3ncc(C(F)(F)F)cc3C2=O)nc2ccc(O)cn12. The fourth-order valence-corrected chi connectivity index (χ4v) is 4.25. The first-order chi connectivity index (χ1) is 13.5. The number of pyridine rings is 2. The fourth-order valence-electron chi connectivity index (χ4n) is 3.10. The Hall–Kier alpha value is -3.15. The number of amides is 1. The van der Waals surface area contributed by atoms with Crippen LogP contribution in [0.2, 0.25) is 0 Å². The number of anilines is 1. The molecule has 1 aliphatic heterocycles. The summed E-state index contributed by atoms with van der Waals surface area (Å²) in [6, 6.07) is 3.35. The summed E-state index contributed by atoms with van der Waals surface area (Å²) in [5.74, 6) is -1.59. The van der Waals surface area contributed by atoms with Crippen LogP contribution in [0.5, 0.6) is 5.75 Å². The van der Waals surface area contributed by atoms with Gasteiger partial charge >= 0.3 is 6.18 Å². The van der Waals surface area contributed by atoms with Crippen LogP contribution in [0.1, 0.15) is 28.5 Å². The minimum absolute atomic E-state index is 0.0859. The van der Waals surface area contributed by atoms with Crippen LogP contribution in [-0.4, -0.2) is 39.6 Å². The first-order valence-electron chi connectivity index (χ1n) is 8.34. The molecule has 1 N–H and O–H groups in total. The van der Waals surface area contributed by atoms with Crippen molar-refractivity contribution in [3.63, 3.8) is 0 Å². The van der Waals surface area contributed by atoms with E-state index in [1.54, 1.807) is 0 Å². The molecule has 0 saturated heterocycles. The lowest BCUT2D eigenvalue weighted by molar-refractivity contribution is -0.137. The third-order valence-electron chi connectivity index (χ3n) is 4.55. The van der Waals surface area contributed by atoms with Gasteiger partial charge in [0.25, 0.3) is 5.91 Å². The largest absolute Gasteiger partial charge is 0.506 e. The second-order valence-electron chi connectivity index (χ2n) is 6.37. The highest BCUT2D eigenvalue weighted by atomic mass is 32.2. The highest BCUT2D eigenvalue weighted by molar-refractivity contribution is 7.91. The van der Waals surface area contributed by atoms with Gasteiger partial charge in [-0.25, -0.2) is 13.4 Å². The average molecular weight is 426 g/mol. The van der Waals surface area contributed by atoms with Gasteiger partial charge in [0.2, 0.25) is 0 Å². The number of hydrogen-bond acceptors (Lipinski definition) is 6. The number of carbonyl (C=O) groups excluding carboxylic acids is 1. The van der Waals surface area contributed by atoms with Gasteiger partial charge in [-0.3, -0.25) is 19.1 Å². The number of imidazole rings is 1. The summed E-state index contributed by atoms with van der Waals surface area (Å²) >= 11 is 0. The summed E-state index contributed by atoms with van der Waals surface area (Å²) in [7, 11) is -3.91. The van der Waals surface area contributed by atoms with Crippen LogP contribution < -0.4 is 4.90 Å². The Morgan fingerprint density at radius 3 is 2.66 bits per heavy atom. The summed E-state index contributed by atoms with van der Waals surface area (Å²) < 4.78 is 65.4. The van der Waals surface area contributed by atoms with E-state index in [0.717, 1.165) is 15.5 Å². The van der Waals surface area contributed by atoms with Crippen LogP contribution in [0.15, 0.2) is 35.6 Å². The predicted molar refractivity (Wildman–Crippen MR) is 94.3 cm³/mol. The van der Waals surface area contributed by atoms with Gasteiger partial charge in [0.15, 0.2) is 20.7 Å². The molecule has 4 heterocycles. The third kappa shape index (κ3) is 2.99. The Morgan fingerprint density at radius 2 is 2.00 bits per heavy atom. The molecule has 1 aliphatic rings. The number of nitrogens with zero attached hydrogens (tertiary/aromatic N) is 4. The first kappa shape index (κ1) is 19.2. The quantitative estimate of drug-likeness (QED) is 0.690. The van der Waals surface area contributed by atoms with E-state index in [2.05, 4.69) is 9.97 Å². The molecule has 0 atom stereocenters. The van der Waals surface area contributed by atoms with E-state index in [1.807, 2.05) is 0 Å². The first-order valence-corrected chi connectivity index (χ1v) is 10.00. The molecule has 1 amide bonds. The van der Waals surface area contributed by atoms with E-state index in [-0.39, 0.29) is 45.8 Å². The van der Waals surface area contributed by atoms with Crippen LogP contribution in [0.4, 0.5) is 19.0 Å². The van der Waals surface area contributed by atoms with Crippen molar-refractivity contribution in [1.82, 2.24) is 14.4 Å². The Kier molecular flexibility index (Phi) is 4.08. The summed E-state index contributed by atoms with van der Waals surface area (Å²) in [5, 5.41) is 9.40.